The average molecular weight is 814 g/mol. The van der Waals surface area contributed by atoms with E-state index in [-0.39, 0.29) is 23.0 Å². The molecule has 0 saturated heterocycles. The molecule has 1 aliphatic rings. The summed E-state index contributed by atoms with van der Waals surface area (Å²) in [5.74, 6) is 1.31. The molecule has 16 heteroatoms. The van der Waals surface area contributed by atoms with Crippen molar-refractivity contribution in [1.29, 1.82) is 0 Å². The van der Waals surface area contributed by atoms with Gasteiger partial charge >= 0.3 is 23.0 Å². The first kappa shape index (κ1) is 38.9. The number of para-hydroxylation sites is 6. The third-order valence-corrected chi connectivity index (χ3v) is 16.1. The van der Waals surface area contributed by atoms with Crippen LogP contribution in [0.4, 0.5) is 0 Å². The Morgan fingerprint density at radius 2 is 0.536 bits per heavy atom. The highest BCUT2D eigenvalue weighted by Gasteiger charge is 2.49. The van der Waals surface area contributed by atoms with Crippen molar-refractivity contribution in [2.45, 2.75) is 26.4 Å². The quantitative estimate of drug-likeness (QED) is 0.0689. The first-order chi connectivity index (χ1) is 27.4. The smallest absolute Gasteiger partial charge is 0.413 e. The van der Waals surface area contributed by atoms with Crippen molar-refractivity contribution in [1.82, 2.24) is 0 Å². The molecule has 13 nitrogen and oxygen atoms in total. The summed E-state index contributed by atoms with van der Waals surface area (Å²) in [5.41, 5.74) is 1.55. The summed E-state index contributed by atoms with van der Waals surface area (Å²) in [6.45, 7) is -1.63. The van der Waals surface area contributed by atoms with E-state index in [4.69, 9.17) is 40.7 Å². The molecule has 0 bridgehead atoms. The number of hydrogen-bond donors (Lipinski definition) is 4. The Morgan fingerprint density at radius 3 is 0.804 bits per heavy atom. The molecule has 288 valence electrons. The van der Waals surface area contributed by atoms with Crippen LogP contribution in [0.1, 0.15) is 22.3 Å². The van der Waals surface area contributed by atoms with E-state index in [9.17, 15) is 20.4 Å². The molecule has 1 aliphatic heterocycles. The van der Waals surface area contributed by atoms with E-state index in [0.29, 0.717) is 33.8 Å². The van der Waals surface area contributed by atoms with E-state index in [2.05, 4.69) is 0 Å². The van der Waals surface area contributed by atoms with Crippen molar-refractivity contribution >= 4 is 23.0 Å². The highest BCUT2D eigenvalue weighted by atomic mass is 31.3. The minimum Gasteiger partial charge on any atom is -0.413 e. The topological polar surface area (TPSA) is 173 Å². The van der Waals surface area contributed by atoms with Gasteiger partial charge in [0, 0.05) is 22.3 Å². The van der Waals surface area contributed by atoms with Gasteiger partial charge in [-0.3, -0.25) is 0 Å². The van der Waals surface area contributed by atoms with Gasteiger partial charge in [0.15, 0.2) is 0 Å². The lowest BCUT2D eigenvalue weighted by molar-refractivity contribution is 0.276. The third-order valence-electron chi connectivity index (χ3n) is 8.05. The van der Waals surface area contributed by atoms with Crippen LogP contribution in [0.3, 0.4) is 0 Å². The molecule has 0 unspecified atom stereocenters. The number of aliphatic hydroxyl groups is 4. The Morgan fingerprint density at radius 1 is 0.304 bits per heavy atom. The fraction of sp³-hybridized carbons (Fsp3) is 0.100. The van der Waals surface area contributed by atoms with Crippen LogP contribution in [-0.4, -0.2) is 20.4 Å². The molecule has 56 heavy (non-hydrogen) atoms. The van der Waals surface area contributed by atoms with E-state index in [0.717, 1.165) is 0 Å². The van der Waals surface area contributed by atoms with Gasteiger partial charge in [-0.25, -0.2) is 0 Å². The summed E-state index contributed by atoms with van der Waals surface area (Å²) < 4.78 is 56.3. The predicted octanol–water partition coefficient (Wildman–Crippen LogP) is 10.3. The van der Waals surface area contributed by atoms with Crippen LogP contribution in [0.15, 0.2) is 171 Å². The monoisotopic (exact) mass is 813 g/mol. The molecule has 0 aromatic heterocycles. The van der Waals surface area contributed by atoms with Crippen molar-refractivity contribution in [3.05, 3.63) is 180 Å². The lowest BCUT2D eigenvalue weighted by Crippen LogP contribution is -2.12. The maximum Gasteiger partial charge on any atom is 0.460 e. The summed E-state index contributed by atoms with van der Waals surface area (Å²) in [7, 11) is -12.9. The summed E-state index contributed by atoms with van der Waals surface area (Å²) in [4.78, 5) is 0. The lowest BCUT2D eigenvalue weighted by Gasteiger charge is -2.34. The Bertz CT molecular complexity index is 2200. The van der Waals surface area contributed by atoms with Crippen LogP contribution < -0.4 is 27.1 Å². The summed E-state index contributed by atoms with van der Waals surface area (Å²) >= 11 is 0. The van der Waals surface area contributed by atoms with Crippen molar-refractivity contribution in [2.24, 2.45) is 13.5 Å². The van der Waals surface area contributed by atoms with Gasteiger partial charge in [0.25, 0.3) is 0 Å². The second-order valence-corrected chi connectivity index (χ2v) is 18.2. The van der Waals surface area contributed by atoms with Gasteiger partial charge < -0.3 is 47.6 Å². The first-order valence-corrected chi connectivity index (χ1v) is 21.9. The highest BCUT2D eigenvalue weighted by molar-refractivity contribution is 7.79. The van der Waals surface area contributed by atoms with E-state index in [1.165, 1.54) is 0 Å². The fourth-order valence-corrected chi connectivity index (χ4v) is 14.6. The molecule has 0 saturated carbocycles. The van der Waals surface area contributed by atoms with E-state index in [1.807, 2.05) is 12.1 Å². The van der Waals surface area contributed by atoms with Gasteiger partial charge in [-0.05, 0) is 48.5 Å². The summed E-state index contributed by atoms with van der Waals surface area (Å²) in [6, 6.07) is 44.6. The second-order valence-electron chi connectivity index (χ2n) is 12.0. The van der Waals surface area contributed by atoms with Gasteiger partial charge in [0.1, 0.15) is 34.5 Å². The Kier molecular flexibility index (Phi) is 12.2. The Hall–Kier alpha value is -5.35. The third kappa shape index (κ3) is 9.02. The molecule has 0 atom stereocenters. The van der Waals surface area contributed by atoms with Crippen LogP contribution in [0, 0.1) is 0 Å². The van der Waals surface area contributed by atoms with Gasteiger partial charge in [-0.15, -0.1) is 0 Å². The molecule has 6 aromatic carbocycles. The standard InChI is InChI=1S/C40H38N3O10P3/c44-27-31-15-7-11-23-37(31)50-55(51-38-24-12-8-16-32(38)28-45)41-54(48-35-19-3-1-4-20-35,49-36-21-5-2-6-22-36)42-56(43-55,52-39-25-13-9-17-33(39)29-46)53-40-26-14-10-18-34(40)30-47/h1-26,44-47H,27-30H2. The number of aliphatic hydroxyl groups excluding tert-OH is 4. The van der Waals surface area contributed by atoms with E-state index < -0.39 is 49.4 Å². The lowest BCUT2D eigenvalue weighted by atomic mass is 10.2. The molecule has 7 rings (SSSR count). The van der Waals surface area contributed by atoms with E-state index in [1.54, 1.807) is 146 Å². The maximum absolute atomic E-state index is 10.5. The van der Waals surface area contributed by atoms with Crippen molar-refractivity contribution < 1.29 is 47.6 Å². The van der Waals surface area contributed by atoms with Gasteiger partial charge in [-0.1, -0.05) is 123 Å². The van der Waals surface area contributed by atoms with Crippen LogP contribution in [0.2, 0.25) is 0 Å². The van der Waals surface area contributed by atoms with Gasteiger partial charge in [0.05, 0.1) is 26.4 Å². The molecular formula is C40H38N3O10P3. The van der Waals surface area contributed by atoms with Crippen LogP contribution >= 0.6 is 23.0 Å². The normalized spacial score (nSPS) is 14.9. The molecule has 4 N–H and O–H groups in total. The molecule has 0 aliphatic carbocycles. The number of hydrogen-bond acceptors (Lipinski definition) is 13. The minimum atomic E-state index is -4.34. The van der Waals surface area contributed by atoms with Crippen molar-refractivity contribution in [3.63, 3.8) is 0 Å². The largest absolute Gasteiger partial charge is 0.460 e. The minimum absolute atomic E-state index is 0.168. The van der Waals surface area contributed by atoms with Crippen molar-refractivity contribution in [3.8, 4) is 34.5 Å². The predicted molar refractivity (Wildman–Crippen MR) is 214 cm³/mol. The zero-order valence-corrected chi connectivity index (χ0v) is 32.4. The molecular weight excluding hydrogens is 775 g/mol. The van der Waals surface area contributed by atoms with Gasteiger partial charge in [0.2, 0.25) is 0 Å². The molecule has 6 aromatic rings. The van der Waals surface area contributed by atoms with Crippen LogP contribution in [-0.2, 0) is 26.4 Å². The number of nitrogens with zero attached hydrogens (tertiary/aromatic N) is 3. The average Bonchev–Trinajstić information content (AvgIpc) is 3.22. The zero-order chi connectivity index (χ0) is 38.9. The van der Waals surface area contributed by atoms with Crippen molar-refractivity contribution in [2.75, 3.05) is 0 Å². The number of benzene rings is 6. The first-order valence-electron chi connectivity index (χ1n) is 17.3. The van der Waals surface area contributed by atoms with Crippen LogP contribution in [0.25, 0.3) is 0 Å². The SMILES string of the molecule is OCc1ccccc1OP1(Oc2ccccc2CO)=NP(Oc2ccccc2)(Oc2ccccc2)=NP(Oc2ccccc2CO)(Oc2ccccc2CO)=N1. The van der Waals surface area contributed by atoms with E-state index >= 15 is 0 Å². The Balaban J connectivity index is 1.62. The number of rotatable bonds is 16. The molecule has 0 spiro atoms. The highest BCUT2D eigenvalue weighted by Crippen LogP contribution is 2.79. The van der Waals surface area contributed by atoms with Crippen LogP contribution in [0.5, 0.6) is 34.5 Å². The fourth-order valence-electron chi connectivity index (χ4n) is 5.40. The zero-order valence-electron chi connectivity index (χ0n) is 29.8. The summed E-state index contributed by atoms with van der Waals surface area (Å²) in [5, 5.41) is 41.8. The molecule has 0 fully saturated rings. The molecule has 1 heterocycles. The molecule has 0 amide bonds. The molecule has 0 radical (unpaired) electrons. The second kappa shape index (κ2) is 17.6. The summed E-state index contributed by atoms with van der Waals surface area (Å²) in [6.07, 6.45) is 0. The Labute approximate surface area is 324 Å². The maximum atomic E-state index is 10.5. The van der Waals surface area contributed by atoms with Gasteiger partial charge in [-0.2, -0.15) is 0 Å².